The Hall–Kier alpha value is -0.790. The third-order valence-corrected chi connectivity index (χ3v) is 3.91. The fraction of sp³-hybridized carbons (Fsp3) is 0.769. The fourth-order valence-electron chi connectivity index (χ4n) is 2.87. The molecule has 2 heteroatoms. The van der Waals surface area contributed by atoms with E-state index in [1.54, 1.807) is 0 Å². The first kappa shape index (κ1) is 10.7. The predicted octanol–water partition coefficient (Wildman–Crippen LogP) is 2.93. The molecule has 0 radical (unpaired) electrons. The lowest BCUT2D eigenvalue weighted by Gasteiger charge is -2.27. The minimum Gasteiger partial charge on any atom is -0.465 e. The molecule has 3 atom stereocenters. The molecule has 2 nitrogen and oxygen atoms in total. The van der Waals surface area contributed by atoms with Crippen molar-refractivity contribution in [2.45, 2.75) is 39.5 Å². The minimum atomic E-state index is -0.265. The van der Waals surface area contributed by atoms with Crippen LogP contribution in [0.5, 0.6) is 0 Å². The average molecular weight is 208 g/mol. The molecule has 0 amide bonds. The lowest BCUT2D eigenvalue weighted by Crippen LogP contribution is -2.33. The van der Waals surface area contributed by atoms with E-state index in [0.29, 0.717) is 18.4 Å². The number of carbonyl (C=O) groups is 1. The normalized spacial score (nSPS) is 37.2. The molecule has 0 aliphatic heterocycles. The van der Waals surface area contributed by atoms with Gasteiger partial charge in [-0.15, -0.1) is 0 Å². The van der Waals surface area contributed by atoms with Crippen molar-refractivity contribution in [2.75, 3.05) is 6.61 Å². The molecule has 0 saturated heterocycles. The summed E-state index contributed by atoms with van der Waals surface area (Å²) < 4.78 is 5.37. The molecule has 1 saturated carbocycles. The SMILES string of the molecule is CCCCOC(=O)C12C=CC(CC1C)C2. The van der Waals surface area contributed by atoms with Gasteiger partial charge >= 0.3 is 5.97 Å². The summed E-state index contributed by atoms with van der Waals surface area (Å²) in [4.78, 5) is 12.0. The first-order valence-corrected chi connectivity index (χ1v) is 6.05. The molecule has 0 aromatic heterocycles. The Kier molecular flexibility index (Phi) is 2.85. The summed E-state index contributed by atoms with van der Waals surface area (Å²) in [6.07, 6.45) is 8.48. The van der Waals surface area contributed by atoms with Crippen LogP contribution < -0.4 is 0 Å². The summed E-state index contributed by atoms with van der Waals surface area (Å²) in [5.74, 6) is 1.10. The highest BCUT2D eigenvalue weighted by Gasteiger charge is 2.52. The second-order valence-corrected chi connectivity index (χ2v) is 4.99. The number of carbonyl (C=O) groups excluding carboxylic acids is 1. The van der Waals surface area contributed by atoms with Crippen molar-refractivity contribution in [1.82, 2.24) is 0 Å². The maximum absolute atomic E-state index is 12.0. The lowest BCUT2D eigenvalue weighted by molar-refractivity contribution is -0.154. The van der Waals surface area contributed by atoms with Gasteiger partial charge in [0.05, 0.1) is 12.0 Å². The zero-order valence-electron chi connectivity index (χ0n) is 9.66. The first-order valence-electron chi connectivity index (χ1n) is 6.05. The second kappa shape index (κ2) is 3.99. The summed E-state index contributed by atoms with van der Waals surface area (Å²) in [5.41, 5.74) is -0.265. The molecule has 2 rings (SSSR count). The molecule has 0 aromatic rings. The van der Waals surface area contributed by atoms with Gasteiger partial charge in [0.2, 0.25) is 0 Å². The lowest BCUT2D eigenvalue weighted by atomic mass is 9.79. The van der Waals surface area contributed by atoms with Crippen LogP contribution in [0.15, 0.2) is 12.2 Å². The second-order valence-electron chi connectivity index (χ2n) is 4.99. The molecule has 2 aliphatic rings. The van der Waals surface area contributed by atoms with Gasteiger partial charge in [0.25, 0.3) is 0 Å². The van der Waals surface area contributed by atoms with Crippen LogP contribution in [0.1, 0.15) is 39.5 Å². The standard InChI is InChI=1S/C13H20O2/c1-3-4-7-15-12(14)13-6-5-11(9-13)8-10(13)2/h5-6,10-11H,3-4,7-9H2,1-2H3. The van der Waals surface area contributed by atoms with E-state index in [4.69, 9.17) is 4.74 Å². The van der Waals surface area contributed by atoms with Crippen LogP contribution in [-0.2, 0) is 9.53 Å². The van der Waals surface area contributed by atoms with E-state index >= 15 is 0 Å². The van der Waals surface area contributed by atoms with Crippen LogP contribution in [0.4, 0.5) is 0 Å². The summed E-state index contributed by atoms with van der Waals surface area (Å²) in [6, 6.07) is 0. The summed E-state index contributed by atoms with van der Waals surface area (Å²) in [6.45, 7) is 4.86. The van der Waals surface area contributed by atoms with Gasteiger partial charge in [-0.25, -0.2) is 0 Å². The molecule has 3 unspecified atom stereocenters. The maximum atomic E-state index is 12.0. The number of esters is 1. The van der Waals surface area contributed by atoms with Crippen LogP contribution in [0.2, 0.25) is 0 Å². The van der Waals surface area contributed by atoms with Crippen LogP contribution in [0.25, 0.3) is 0 Å². The van der Waals surface area contributed by atoms with Crippen LogP contribution >= 0.6 is 0 Å². The molecule has 84 valence electrons. The van der Waals surface area contributed by atoms with Crippen LogP contribution in [-0.4, -0.2) is 12.6 Å². The molecule has 15 heavy (non-hydrogen) atoms. The Labute approximate surface area is 91.7 Å². The van der Waals surface area contributed by atoms with Crippen molar-refractivity contribution in [2.24, 2.45) is 17.3 Å². The zero-order valence-corrected chi connectivity index (χ0v) is 9.66. The average Bonchev–Trinajstić information content (AvgIpc) is 2.76. The van der Waals surface area contributed by atoms with Gasteiger partial charge in [-0.1, -0.05) is 32.4 Å². The highest BCUT2D eigenvalue weighted by Crippen LogP contribution is 2.53. The summed E-state index contributed by atoms with van der Waals surface area (Å²) in [7, 11) is 0. The van der Waals surface area contributed by atoms with Crippen molar-refractivity contribution in [1.29, 1.82) is 0 Å². The summed E-state index contributed by atoms with van der Waals surface area (Å²) in [5, 5.41) is 0. The van der Waals surface area contributed by atoms with E-state index in [2.05, 4.69) is 26.0 Å². The minimum absolute atomic E-state index is 0.0136. The molecular formula is C13H20O2. The monoisotopic (exact) mass is 208 g/mol. The Bertz CT molecular complexity index is 282. The molecule has 0 spiro atoms. The Balaban J connectivity index is 1.97. The van der Waals surface area contributed by atoms with E-state index in [-0.39, 0.29) is 11.4 Å². The predicted molar refractivity (Wildman–Crippen MR) is 59.3 cm³/mol. The van der Waals surface area contributed by atoms with E-state index < -0.39 is 0 Å². The largest absolute Gasteiger partial charge is 0.465 e. The van der Waals surface area contributed by atoms with E-state index in [0.717, 1.165) is 25.7 Å². The highest BCUT2D eigenvalue weighted by molar-refractivity contribution is 5.81. The third kappa shape index (κ3) is 1.70. The maximum Gasteiger partial charge on any atom is 0.316 e. The van der Waals surface area contributed by atoms with E-state index in [9.17, 15) is 4.79 Å². The van der Waals surface area contributed by atoms with Gasteiger partial charge < -0.3 is 4.74 Å². The van der Waals surface area contributed by atoms with E-state index in [1.807, 2.05) is 0 Å². The number of allylic oxidation sites excluding steroid dienone is 1. The Morgan fingerprint density at radius 2 is 2.40 bits per heavy atom. The first-order chi connectivity index (χ1) is 7.19. The number of fused-ring (bicyclic) bond motifs is 2. The van der Waals surface area contributed by atoms with Crippen molar-refractivity contribution < 1.29 is 9.53 Å². The van der Waals surface area contributed by atoms with E-state index in [1.165, 1.54) is 0 Å². The van der Waals surface area contributed by atoms with Crippen LogP contribution in [0.3, 0.4) is 0 Å². The van der Waals surface area contributed by atoms with Crippen molar-refractivity contribution in [3.8, 4) is 0 Å². The van der Waals surface area contributed by atoms with Crippen molar-refractivity contribution in [3.05, 3.63) is 12.2 Å². The fourth-order valence-corrected chi connectivity index (χ4v) is 2.87. The molecule has 0 N–H and O–H groups in total. The number of hydrogen-bond acceptors (Lipinski definition) is 2. The number of hydrogen-bond donors (Lipinski definition) is 0. The number of ether oxygens (including phenoxy) is 1. The van der Waals surface area contributed by atoms with Crippen molar-refractivity contribution in [3.63, 3.8) is 0 Å². The topological polar surface area (TPSA) is 26.3 Å². The van der Waals surface area contributed by atoms with Gasteiger partial charge in [0.1, 0.15) is 0 Å². The van der Waals surface area contributed by atoms with Gasteiger partial charge in [-0.2, -0.15) is 0 Å². The van der Waals surface area contributed by atoms with Gasteiger partial charge in [-0.05, 0) is 31.1 Å². The van der Waals surface area contributed by atoms with Gasteiger partial charge in [0.15, 0.2) is 0 Å². The third-order valence-electron chi connectivity index (χ3n) is 3.91. The number of rotatable bonds is 4. The molecular weight excluding hydrogens is 188 g/mol. The quantitative estimate of drug-likeness (QED) is 0.403. The van der Waals surface area contributed by atoms with Crippen LogP contribution in [0, 0.1) is 17.3 Å². The smallest absolute Gasteiger partial charge is 0.316 e. The highest BCUT2D eigenvalue weighted by atomic mass is 16.5. The molecule has 2 bridgehead atoms. The zero-order chi connectivity index (χ0) is 10.9. The van der Waals surface area contributed by atoms with Gasteiger partial charge in [-0.3, -0.25) is 4.79 Å². The summed E-state index contributed by atoms with van der Waals surface area (Å²) >= 11 is 0. The molecule has 1 fully saturated rings. The Morgan fingerprint density at radius 1 is 1.60 bits per heavy atom. The van der Waals surface area contributed by atoms with Crippen molar-refractivity contribution >= 4 is 5.97 Å². The Morgan fingerprint density at radius 3 is 2.93 bits per heavy atom. The molecule has 0 aromatic carbocycles. The molecule has 0 heterocycles. The molecule has 2 aliphatic carbocycles. The van der Waals surface area contributed by atoms with Gasteiger partial charge in [0, 0.05) is 0 Å². The number of unbranched alkanes of at least 4 members (excludes halogenated alkanes) is 1.